The molecule has 7 heteroatoms. The van der Waals surface area contributed by atoms with E-state index in [9.17, 15) is 14.9 Å². The SMILES string of the molecule is N#CN1Cc2cccc(-c3ccccc3C(=O)NCCn3cnccc3=O)c2C1. The molecule has 0 atom stereocenters. The summed E-state index contributed by atoms with van der Waals surface area (Å²) in [5.74, 6) is -0.203. The van der Waals surface area contributed by atoms with Crippen molar-refractivity contribution in [2.24, 2.45) is 0 Å². The largest absolute Gasteiger partial charge is 0.350 e. The van der Waals surface area contributed by atoms with E-state index in [0.717, 1.165) is 22.3 Å². The molecule has 7 nitrogen and oxygen atoms in total. The predicted octanol–water partition coefficient (Wildman–Crippen LogP) is 2.14. The van der Waals surface area contributed by atoms with Crippen molar-refractivity contribution >= 4 is 5.91 Å². The van der Waals surface area contributed by atoms with Crippen LogP contribution in [0.25, 0.3) is 11.1 Å². The number of amides is 1. The molecule has 0 radical (unpaired) electrons. The molecule has 1 N–H and O–H groups in total. The number of carbonyl (C=O) groups excluding carboxylic acids is 1. The van der Waals surface area contributed by atoms with Crippen LogP contribution in [0.4, 0.5) is 0 Å². The van der Waals surface area contributed by atoms with Crippen LogP contribution in [0.3, 0.4) is 0 Å². The number of hydrogen-bond acceptors (Lipinski definition) is 5. The number of benzene rings is 2. The summed E-state index contributed by atoms with van der Waals surface area (Å²) in [6, 6.07) is 14.8. The Kier molecular flexibility index (Phi) is 5.08. The minimum Gasteiger partial charge on any atom is -0.350 e. The lowest BCUT2D eigenvalue weighted by molar-refractivity contribution is 0.0953. The van der Waals surface area contributed by atoms with Gasteiger partial charge in [-0.2, -0.15) is 5.26 Å². The van der Waals surface area contributed by atoms with E-state index < -0.39 is 0 Å². The zero-order chi connectivity index (χ0) is 20.2. The zero-order valence-corrected chi connectivity index (χ0v) is 15.7. The van der Waals surface area contributed by atoms with Gasteiger partial charge >= 0.3 is 0 Å². The average molecular weight is 385 g/mol. The van der Waals surface area contributed by atoms with Crippen molar-refractivity contribution in [3.05, 3.63) is 88.1 Å². The molecule has 29 heavy (non-hydrogen) atoms. The molecule has 1 aromatic heterocycles. The summed E-state index contributed by atoms with van der Waals surface area (Å²) in [5.41, 5.74) is 4.40. The lowest BCUT2D eigenvalue weighted by Crippen LogP contribution is -2.30. The molecule has 0 saturated carbocycles. The molecule has 144 valence electrons. The second-order valence-corrected chi connectivity index (χ2v) is 6.81. The third-order valence-electron chi connectivity index (χ3n) is 5.02. The molecule has 0 aliphatic carbocycles. The Hall–Kier alpha value is -3.92. The molecule has 1 aliphatic heterocycles. The molecule has 0 spiro atoms. The predicted molar refractivity (Wildman–Crippen MR) is 108 cm³/mol. The molecule has 0 saturated heterocycles. The van der Waals surface area contributed by atoms with Crippen molar-refractivity contribution in [3.8, 4) is 17.3 Å². The highest BCUT2D eigenvalue weighted by Gasteiger charge is 2.23. The van der Waals surface area contributed by atoms with Gasteiger partial charge in [0.25, 0.3) is 11.5 Å². The summed E-state index contributed by atoms with van der Waals surface area (Å²) in [4.78, 5) is 30.2. The maximum Gasteiger partial charge on any atom is 0.253 e. The Balaban J connectivity index is 1.56. The summed E-state index contributed by atoms with van der Waals surface area (Å²) in [7, 11) is 0. The fourth-order valence-electron chi connectivity index (χ4n) is 3.59. The van der Waals surface area contributed by atoms with Crippen LogP contribution in [0.2, 0.25) is 0 Å². The fourth-order valence-corrected chi connectivity index (χ4v) is 3.59. The monoisotopic (exact) mass is 385 g/mol. The van der Waals surface area contributed by atoms with Gasteiger partial charge in [0.1, 0.15) is 0 Å². The standard InChI is InChI=1S/C22H19N5O2/c23-14-26-12-16-4-3-7-18(20(16)13-26)17-5-1-2-6-19(17)22(29)25-10-11-27-15-24-9-8-21(27)28/h1-9,15H,10-13H2,(H,25,29). The number of nitriles is 1. The summed E-state index contributed by atoms with van der Waals surface area (Å²) in [6.07, 6.45) is 5.09. The van der Waals surface area contributed by atoms with Crippen LogP contribution in [0.1, 0.15) is 21.5 Å². The molecule has 0 fully saturated rings. The first-order chi connectivity index (χ1) is 14.2. The Morgan fingerprint density at radius 2 is 1.93 bits per heavy atom. The van der Waals surface area contributed by atoms with Crippen molar-refractivity contribution in [1.82, 2.24) is 19.8 Å². The zero-order valence-electron chi connectivity index (χ0n) is 15.7. The molecule has 1 aliphatic rings. The fraction of sp³-hybridized carbons (Fsp3) is 0.182. The van der Waals surface area contributed by atoms with Crippen LogP contribution < -0.4 is 10.9 Å². The van der Waals surface area contributed by atoms with Gasteiger partial charge < -0.3 is 10.2 Å². The highest BCUT2D eigenvalue weighted by molar-refractivity contribution is 6.01. The number of fused-ring (bicyclic) bond motifs is 1. The van der Waals surface area contributed by atoms with Crippen LogP contribution in [0.15, 0.2) is 65.8 Å². The van der Waals surface area contributed by atoms with E-state index >= 15 is 0 Å². The molecule has 4 rings (SSSR count). The van der Waals surface area contributed by atoms with E-state index in [4.69, 9.17) is 0 Å². The van der Waals surface area contributed by atoms with Gasteiger partial charge in [0.15, 0.2) is 6.19 Å². The van der Waals surface area contributed by atoms with Gasteiger partial charge in [-0.1, -0.05) is 36.4 Å². The molecule has 0 unspecified atom stereocenters. The van der Waals surface area contributed by atoms with E-state index in [0.29, 0.717) is 31.7 Å². The number of nitrogens with zero attached hydrogens (tertiary/aromatic N) is 4. The highest BCUT2D eigenvalue weighted by Crippen LogP contribution is 2.34. The van der Waals surface area contributed by atoms with Crippen LogP contribution >= 0.6 is 0 Å². The van der Waals surface area contributed by atoms with E-state index in [2.05, 4.69) is 16.5 Å². The normalized spacial score (nSPS) is 12.3. The number of hydrogen-bond donors (Lipinski definition) is 1. The maximum atomic E-state index is 12.9. The lowest BCUT2D eigenvalue weighted by Gasteiger charge is -2.14. The first kappa shape index (κ1) is 18.4. The quantitative estimate of drug-likeness (QED) is 0.680. The molecule has 3 aromatic rings. The van der Waals surface area contributed by atoms with Crippen LogP contribution in [0, 0.1) is 11.5 Å². The molecular formula is C22H19N5O2. The van der Waals surface area contributed by atoms with Crippen molar-refractivity contribution in [2.45, 2.75) is 19.6 Å². The summed E-state index contributed by atoms with van der Waals surface area (Å²) in [6.45, 7) is 1.79. The Labute approximate surface area is 167 Å². The van der Waals surface area contributed by atoms with E-state index in [-0.39, 0.29) is 11.5 Å². The average Bonchev–Trinajstić information content (AvgIpc) is 3.18. The van der Waals surface area contributed by atoms with Gasteiger partial charge in [-0.25, -0.2) is 4.98 Å². The van der Waals surface area contributed by atoms with E-state index in [1.807, 2.05) is 36.4 Å². The minimum atomic E-state index is -0.203. The second-order valence-electron chi connectivity index (χ2n) is 6.81. The summed E-state index contributed by atoms with van der Waals surface area (Å²) >= 11 is 0. The van der Waals surface area contributed by atoms with Gasteiger partial charge in [-0.15, -0.1) is 0 Å². The second kappa shape index (κ2) is 7.98. The maximum absolute atomic E-state index is 12.9. The first-order valence-electron chi connectivity index (χ1n) is 9.31. The van der Waals surface area contributed by atoms with Crippen molar-refractivity contribution in [2.75, 3.05) is 6.54 Å². The van der Waals surface area contributed by atoms with Crippen molar-refractivity contribution < 1.29 is 4.79 Å². The summed E-state index contributed by atoms with van der Waals surface area (Å²) < 4.78 is 1.45. The molecule has 2 heterocycles. The number of rotatable bonds is 5. The number of carbonyl (C=O) groups is 1. The molecule has 0 bridgehead atoms. The molecule has 1 amide bonds. The van der Waals surface area contributed by atoms with E-state index in [1.165, 1.54) is 23.2 Å². The number of nitrogens with one attached hydrogen (secondary N) is 1. The van der Waals surface area contributed by atoms with Gasteiger partial charge in [0.2, 0.25) is 0 Å². The van der Waals surface area contributed by atoms with Gasteiger partial charge in [-0.3, -0.25) is 14.2 Å². The van der Waals surface area contributed by atoms with Gasteiger partial charge in [0, 0.05) is 30.9 Å². The molecule has 2 aromatic carbocycles. The van der Waals surface area contributed by atoms with Crippen LogP contribution in [0.5, 0.6) is 0 Å². The highest BCUT2D eigenvalue weighted by atomic mass is 16.1. The van der Waals surface area contributed by atoms with Gasteiger partial charge in [0.05, 0.1) is 19.4 Å². The minimum absolute atomic E-state index is 0.156. The van der Waals surface area contributed by atoms with Crippen LogP contribution in [-0.4, -0.2) is 26.9 Å². The third-order valence-corrected chi connectivity index (χ3v) is 5.02. The number of aromatic nitrogens is 2. The third kappa shape index (κ3) is 3.73. The Morgan fingerprint density at radius 3 is 2.76 bits per heavy atom. The smallest absolute Gasteiger partial charge is 0.253 e. The lowest BCUT2D eigenvalue weighted by atomic mass is 9.93. The first-order valence-corrected chi connectivity index (χ1v) is 9.31. The summed E-state index contributed by atoms with van der Waals surface area (Å²) in [5, 5.41) is 12.1. The topological polar surface area (TPSA) is 91.0 Å². The van der Waals surface area contributed by atoms with Crippen molar-refractivity contribution in [1.29, 1.82) is 5.26 Å². The van der Waals surface area contributed by atoms with Gasteiger partial charge in [-0.05, 0) is 28.3 Å². The van der Waals surface area contributed by atoms with Crippen LogP contribution in [-0.2, 0) is 19.6 Å². The Morgan fingerprint density at radius 1 is 1.10 bits per heavy atom. The molecular weight excluding hydrogens is 366 g/mol. The van der Waals surface area contributed by atoms with Crippen molar-refractivity contribution in [3.63, 3.8) is 0 Å². The Bertz CT molecular complexity index is 1160. The van der Waals surface area contributed by atoms with E-state index in [1.54, 1.807) is 11.0 Å².